The highest BCUT2D eigenvalue weighted by molar-refractivity contribution is 5.79. The van der Waals surface area contributed by atoms with Gasteiger partial charge in [0.05, 0.1) is 12.2 Å². The minimum atomic E-state index is 0.588. The van der Waals surface area contributed by atoms with Crippen molar-refractivity contribution in [1.29, 1.82) is 0 Å². The van der Waals surface area contributed by atoms with Gasteiger partial charge in [-0.2, -0.15) is 0 Å². The first kappa shape index (κ1) is 21.0. The summed E-state index contributed by atoms with van der Waals surface area (Å²) in [6.45, 7) is 10.4. The van der Waals surface area contributed by atoms with Gasteiger partial charge in [0.1, 0.15) is 5.76 Å². The molecular formula is C21H33N5O. The lowest BCUT2D eigenvalue weighted by molar-refractivity contribution is 0.331. The van der Waals surface area contributed by atoms with E-state index in [1.807, 2.05) is 6.07 Å². The quantitative estimate of drug-likeness (QED) is 0.496. The molecule has 0 unspecified atom stereocenters. The Morgan fingerprint density at radius 1 is 1.11 bits per heavy atom. The summed E-state index contributed by atoms with van der Waals surface area (Å²) in [6, 6.07) is 10.5. The van der Waals surface area contributed by atoms with Crippen LogP contribution in [0.15, 0.2) is 39.8 Å². The number of nitrogens with zero attached hydrogens (tertiary/aromatic N) is 3. The first-order valence-electron chi connectivity index (χ1n) is 9.88. The molecule has 6 heteroatoms. The van der Waals surface area contributed by atoms with Crippen molar-refractivity contribution in [2.75, 3.05) is 26.7 Å². The topological polar surface area (TPSA) is 65.7 Å². The fraction of sp³-hybridized carbons (Fsp3) is 0.524. The molecule has 2 aromatic rings. The second kappa shape index (κ2) is 11.4. The number of rotatable bonds is 10. The largest absolute Gasteiger partial charge is 0.361 e. The smallest absolute Gasteiger partial charge is 0.191 e. The fourth-order valence-electron chi connectivity index (χ4n) is 2.96. The number of guanidine groups is 1. The molecule has 0 bridgehead atoms. The molecule has 1 heterocycles. The number of likely N-dealkylation sites (N-methyl/N-ethyl adjacent to an activating group) is 1. The van der Waals surface area contributed by atoms with E-state index in [-0.39, 0.29) is 0 Å². The maximum absolute atomic E-state index is 5.43. The third-order valence-electron chi connectivity index (χ3n) is 4.43. The molecule has 0 radical (unpaired) electrons. The van der Waals surface area contributed by atoms with Crippen LogP contribution >= 0.6 is 0 Å². The Bertz CT molecular complexity index is 674. The molecule has 0 aliphatic carbocycles. The van der Waals surface area contributed by atoms with E-state index in [0.29, 0.717) is 6.54 Å². The van der Waals surface area contributed by atoms with Gasteiger partial charge in [-0.1, -0.05) is 49.3 Å². The van der Waals surface area contributed by atoms with Crippen molar-refractivity contribution < 1.29 is 4.52 Å². The molecule has 148 valence electrons. The predicted molar refractivity (Wildman–Crippen MR) is 111 cm³/mol. The van der Waals surface area contributed by atoms with Crippen LogP contribution in [-0.4, -0.2) is 42.7 Å². The van der Waals surface area contributed by atoms with Crippen LogP contribution in [0.25, 0.3) is 0 Å². The molecule has 0 saturated heterocycles. The van der Waals surface area contributed by atoms with Gasteiger partial charge in [-0.05, 0) is 26.0 Å². The summed E-state index contributed by atoms with van der Waals surface area (Å²) >= 11 is 0. The SMILES string of the molecule is CCNC(=NCc1c(CC)noc1CC)NCCN(C)Cc1ccccc1. The zero-order valence-electron chi connectivity index (χ0n) is 17.1. The number of aromatic nitrogens is 1. The van der Waals surface area contributed by atoms with Crippen molar-refractivity contribution in [3.63, 3.8) is 0 Å². The van der Waals surface area contributed by atoms with Gasteiger partial charge in [-0.3, -0.25) is 0 Å². The number of aliphatic imine (C=N–C) groups is 1. The molecule has 0 aliphatic rings. The third kappa shape index (κ3) is 6.71. The van der Waals surface area contributed by atoms with Gasteiger partial charge in [-0.15, -0.1) is 0 Å². The number of benzene rings is 1. The lowest BCUT2D eigenvalue weighted by Gasteiger charge is -2.18. The normalized spacial score (nSPS) is 11.8. The molecule has 27 heavy (non-hydrogen) atoms. The lowest BCUT2D eigenvalue weighted by Crippen LogP contribution is -2.40. The zero-order valence-corrected chi connectivity index (χ0v) is 17.1. The van der Waals surface area contributed by atoms with Crippen molar-refractivity contribution in [1.82, 2.24) is 20.7 Å². The maximum atomic E-state index is 5.43. The van der Waals surface area contributed by atoms with Gasteiger partial charge in [0.15, 0.2) is 5.96 Å². The first-order chi connectivity index (χ1) is 13.2. The van der Waals surface area contributed by atoms with Crippen LogP contribution in [0.1, 0.15) is 43.4 Å². The molecule has 0 aliphatic heterocycles. The standard InChI is InChI=1S/C21H33N5O/c1-5-19-18(20(6-2)27-25-19)15-24-21(22-7-3)23-13-14-26(4)16-17-11-9-8-10-12-17/h8-12H,5-7,13-16H2,1-4H3,(H2,22,23,24). The first-order valence-corrected chi connectivity index (χ1v) is 9.88. The molecule has 0 atom stereocenters. The molecule has 2 rings (SSSR count). The van der Waals surface area contributed by atoms with Gasteiger partial charge in [0.25, 0.3) is 0 Å². The predicted octanol–water partition coefficient (Wildman–Crippen LogP) is 2.99. The summed E-state index contributed by atoms with van der Waals surface area (Å²) in [5, 5.41) is 10.9. The number of hydrogen-bond acceptors (Lipinski definition) is 4. The van der Waals surface area contributed by atoms with E-state index >= 15 is 0 Å². The average molecular weight is 372 g/mol. The molecule has 0 spiro atoms. The number of nitrogens with one attached hydrogen (secondary N) is 2. The number of aryl methyl sites for hydroxylation is 2. The Morgan fingerprint density at radius 3 is 2.56 bits per heavy atom. The molecule has 0 saturated carbocycles. The van der Waals surface area contributed by atoms with Crippen LogP contribution in [0.2, 0.25) is 0 Å². The Morgan fingerprint density at radius 2 is 1.89 bits per heavy atom. The lowest BCUT2D eigenvalue weighted by atomic mass is 10.1. The fourth-order valence-corrected chi connectivity index (χ4v) is 2.96. The van der Waals surface area contributed by atoms with E-state index in [2.05, 4.69) is 72.8 Å². The maximum Gasteiger partial charge on any atom is 0.191 e. The minimum Gasteiger partial charge on any atom is -0.361 e. The summed E-state index contributed by atoms with van der Waals surface area (Å²) in [4.78, 5) is 7.03. The molecule has 6 nitrogen and oxygen atoms in total. The molecule has 2 N–H and O–H groups in total. The van der Waals surface area contributed by atoms with Crippen molar-refractivity contribution >= 4 is 5.96 Å². The Kier molecular flexibility index (Phi) is 8.84. The van der Waals surface area contributed by atoms with Crippen LogP contribution in [0, 0.1) is 0 Å². The van der Waals surface area contributed by atoms with E-state index in [1.165, 1.54) is 5.56 Å². The van der Waals surface area contributed by atoms with Crippen LogP contribution < -0.4 is 10.6 Å². The van der Waals surface area contributed by atoms with Crippen molar-refractivity contribution in [2.24, 2.45) is 4.99 Å². The minimum absolute atomic E-state index is 0.588. The van der Waals surface area contributed by atoms with Gasteiger partial charge in [-0.25, -0.2) is 4.99 Å². The zero-order chi connectivity index (χ0) is 19.5. The number of hydrogen-bond donors (Lipinski definition) is 2. The molecule has 0 fully saturated rings. The second-order valence-electron chi connectivity index (χ2n) is 6.58. The van der Waals surface area contributed by atoms with E-state index in [1.54, 1.807) is 0 Å². The van der Waals surface area contributed by atoms with Crippen molar-refractivity contribution in [3.05, 3.63) is 52.9 Å². The molecule has 1 aromatic heterocycles. The van der Waals surface area contributed by atoms with Crippen LogP contribution in [0.3, 0.4) is 0 Å². The van der Waals surface area contributed by atoms with Gasteiger partial charge in [0, 0.05) is 38.2 Å². The monoisotopic (exact) mass is 371 g/mol. The van der Waals surface area contributed by atoms with E-state index in [4.69, 9.17) is 9.52 Å². The van der Waals surface area contributed by atoms with E-state index in [0.717, 1.165) is 62.0 Å². The van der Waals surface area contributed by atoms with E-state index < -0.39 is 0 Å². The molecular weight excluding hydrogens is 338 g/mol. The summed E-state index contributed by atoms with van der Waals surface area (Å²) in [5.41, 5.74) is 3.46. The van der Waals surface area contributed by atoms with Crippen molar-refractivity contribution in [3.8, 4) is 0 Å². The van der Waals surface area contributed by atoms with Gasteiger partial charge < -0.3 is 20.1 Å². The van der Waals surface area contributed by atoms with Gasteiger partial charge in [0.2, 0.25) is 0 Å². The summed E-state index contributed by atoms with van der Waals surface area (Å²) in [6.07, 6.45) is 1.70. The summed E-state index contributed by atoms with van der Waals surface area (Å²) in [7, 11) is 2.14. The summed E-state index contributed by atoms with van der Waals surface area (Å²) < 4.78 is 5.43. The Balaban J connectivity index is 1.87. The Labute approximate surface area is 163 Å². The molecule has 1 aromatic carbocycles. The summed E-state index contributed by atoms with van der Waals surface area (Å²) in [5.74, 6) is 1.77. The van der Waals surface area contributed by atoms with Crippen LogP contribution in [0.4, 0.5) is 0 Å². The third-order valence-corrected chi connectivity index (χ3v) is 4.43. The van der Waals surface area contributed by atoms with Crippen molar-refractivity contribution in [2.45, 2.75) is 46.7 Å². The molecule has 0 amide bonds. The highest BCUT2D eigenvalue weighted by Crippen LogP contribution is 2.16. The van der Waals surface area contributed by atoms with Crippen LogP contribution in [0.5, 0.6) is 0 Å². The van der Waals surface area contributed by atoms with Crippen LogP contribution in [-0.2, 0) is 25.9 Å². The Hall–Kier alpha value is -2.34. The highest BCUT2D eigenvalue weighted by Gasteiger charge is 2.13. The average Bonchev–Trinajstić information content (AvgIpc) is 3.08. The van der Waals surface area contributed by atoms with Gasteiger partial charge >= 0.3 is 0 Å². The second-order valence-corrected chi connectivity index (χ2v) is 6.58. The highest BCUT2D eigenvalue weighted by atomic mass is 16.5. The van der Waals surface area contributed by atoms with E-state index in [9.17, 15) is 0 Å².